The lowest BCUT2D eigenvalue weighted by molar-refractivity contribution is 0.382. The van der Waals surface area contributed by atoms with Gasteiger partial charge in [-0.1, -0.05) is 13.3 Å². The number of aromatic nitrogens is 1. The molecule has 0 bridgehead atoms. The molecule has 0 saturated carbocycles. The van der Waals surface area contributed by atoms with Crippen molar-refractivity contribution >= 4 is 9.84 Å². The Kier molecular flexibility index (Phi) is 5.58. The monoisotopic (exact) mass is 312 g/mol. The Morgan fingerprint density at radius 1 is 1.48 bits per heavy atom. The third-order valence-electron chi connectivity index (χ3n) is 3.93. The highest BCUT2D eigenvalue weighted by molar-refractivity contribution is 7.92. The van der Waals surface area contributed by atoms with E-state index in [1.165, 1.54) is 0 Å². The van der Waals surface area contributed by atoms with Gasteiger partial charge in [-0.05, 0) is 37.9 Å². The molecule has 2 unspecified atom stereocenters. The Bertz CT molecular complexity index is 560. The topological polar surface area (TPSA) is 68.3 Å². The molecule has 0 radical (unpaired) electrons. The van der Waals surface area contributed by atoms with Crippen LogP contribution in [0.1, 0.15) is 44.3 Å². The van der Waals surface area contributed by atoms with Crippen molar-refractivity contribution in [2.24, 2.45) is 0 Å². The molecule has 1 aliphatic heterocycles. The van der Waals surface area contributed by atoms with Crippen molar-refractivity contribution in [2.45, 2.75) is 43.9 Å². The minimum Gasteiger partial charge on any atom is -0.495 e. The van der Waals surface area contributed by atoms with Crippen LogP contribution in [0.25, 0.3) is 0 Å². The Hall–Kier alpha value is -1.14. The summed E-state index contributed by atoms with van der Waals surface area (Å²) in [5, 5.41) is 2.95. The van der Waals surface area contributed by atoms with Gasteiger partial charge in [-0.2, -0.15) is 0 Å². The van der Waals surface area contributed by atoms with Crippen LogP contribution in [0.15, 0.2) is 18.3 Å². The fraction of sp³-hybridized carbons (Fsp3) is 0.667. The van der Waals surface area contributed by atoms with Crippen LogP contribution in [0.2, 0.25) is 0 Å². The predicted octanol–water partition coefficient (Wildman–Crippen LogP) is 2.10. The molecule has 1 aliphatic rings. The van der Waals surface area contributed by atoms with Crippen molar-refractivity contribution in [3.63, 3.8) is 0 Å². The molecule has 0 amide bonds. The van der Waals surface area contributed by atoms with Crippen LogP contribution in [0.3, 0.4) is 0 Å². The van der Waals surface area contributed by atoms with Gasteiger partial charge in [0.15, 0.2) is 9.84 Å². The Balaban J connectivity index is 2.37. The Labute approximate surface area is 127 Å². The first-order valence-electron chi connectivity index (χ1n) is 7.54. The summed E-state index contributed by atoms with van der Waals surface area (Å²) >= 11 is 0. The summed E-state index contributed by atoms with van der Waals surface area (Å²) in [6, 6.07) is 3.33. The van der Waals surface area contributed by atoms with Crippen molar-refractivity contribution in [3.8, 4) is 5.75 Å². The van der Waals surface area contributed by atoms with Gasteiger partial charge in [0.2, 0.25) is 0 Å². The van der Waals surface area contributed by atoms with Gasteiger partial charge in [-0.3, -0.25) is 4.98 Å². The molecular weight excluding hydrogens is 288 g/mol. The number of methoxy groups -OCH3 is 1. The van der Waals surface area contributed by atoms with Gasteiger partial charge < -0.3 is 10.1 Å². The Morgan fingerprint density at radius 2 is 2.29 bits per heavy atom. The molecule has 1 N–H and O–H groups in total. The van der Waals surface area contributed by atoms with E-state index >= 15 is 0 Å². The maximum absolute atomic E-state index is 12.5. The minimum atomic E-state index is -3.08. The van der Waals surface area contributed by atoms with Crippen molar-refractivity contribution in [1.29, 1.82) is 0 Å². The van der Waals surface area contributed by atoms with E-state index in [9.17, 15) is 8.42 Å². The number of pyridine rings is 1. The molecule has 0 aromatic carbocycles. The maximum Gasteiger partial charge on any atom is 0.155 e. The van der Waals surface area contributed by atoms with E-state index in [-0.39, 0.29) is 11.8 Å². The van der Waals surface area contributed by atoms with Crippen molar-refractivity contribution in [1.82, 2.24) is 10.3 Å². The first-order valence-corrected chi connectivity index (χ1v) is 9.25. The summed E-state index contributed by atoms with van der Waals surface area (Å²) < 4.78 is 30.3. The molecule has 1 fully saturated rings. The van der Waals surface area contributed by atoms with E-state index in [1.54, 1.807) is 19.4 Å². The van der Waals surface area contributed by atoms with Crippen LogP contribution in [-0.4, -0.2) is 38.1 Å². The summed E-state index contributed by atoms with van der Waals surface area (Å²) in [5.41, 5.74) is 0.698. The second-order valence-electron chi connectivity index (χ2n) is 5.42. The van der Waals surface area contributed by atoms with Crippen LogP contribution < -0.4 is 10.1 Å². The normalized spacial score (nSPS) is 22.7. The van der Waals surface area contributed by atoms with Crippen molar-refractivity contribution < 1.29 is 13.2 Å². The molecule has 1 aromatic rings. The molecule has 0 aliphatic carbocycles. The summed E-state index contributed by atoms with van der Waals surface area (Å²) in [6.07, 6.45) is 5.03. The van der Waals surface area contributed by atoms with Crippen LogP contribution in [-0.2, 0) is 9.84 Å². The smallest absolute Gasteiger partial charge is 0.155 e. The zero-order valence-corrected chi connectivity index (χ0v) is 13.5. The third-order valence-corrected chi connectivity index (χ3v) is 6.22. The highest BCUT2D eigenvalue weighted by atomic mass is 32.2. The van der Waals surface area contributed by atoms with E-state index in [2.05, 4.69) is 17.2 Å². The quantitative estimate of drug-likeness (QED) is 0.871. The van der Waals surface area contributed by atoms with Crippen LogP contribution in [0.4, 0.5) is 0 Å². The fourth-order valence-corrected chi connectivity index (χ4v) is 4.94. The molecule has 1 aromatic heterocycles. The summed E-state index contributed by atoms with van der Waals surface area (Å²) in [4.78, 5) is 4.39. The van der Waals surface area contributed by atoms with E-state index in [0.29, 0.717) is 17.9 Å². The molecule has 2 rings (SSSR count). The third kappa shape index (κ3) is 3.74. The highest BCUT2D eigenvalue weighted by Crippen LogP contribution is 2.33. The van der Waals surface area contributed by atoms with Crippen molar-refractivity contribution in [3.05, 3.63) is 24.0 Å². The lowest BCUT2D eigenvalue weighted by Gasteiger charge is -2.31. The van der Waals surface area contributed by atoms with Crippen LogP contribution >= 0.6 is 0 Å². The van der Waals surface area contributed by atoms with Gasteiger partial charge in [0.25, 0.3) is 0 Å². The van der Waals surface area contributed by atoms with Gasteiger partial charge in [-0.15, -0.1) is 0 Å². The van der Waals surface area contributed by atoms with Gasteiger partial charge >= 0.3 is 0 Å². The van der Waals surface area contributed by atoms with Crippen LogP contribution in [0, 0.1) is 0 Å². The number of nitrogens with one attached hydrogen (secondary N) is 1. The van der Waals surface area contributed by atoms with E-state index in [1.807, 2.05) is 6.07 Å². The van der Waals surface area contributed by atoms with Crippen molar-refractivity contribution in [2.75, 3.05) is 19.4 Å². The molecule has 6 heteroatoms. The van der Waals surface area contributed by atoms with Gasteiger partial charge in [-0.25, -0.2) is 8.42 Å². The van der Waals surface area contributed by atoms with E-state index in [0.717, 1.165) is 25.8 Å². The highest BCUT2D eigenvalue weighted by Gasteiger charge is 2.37. The SMILES string of the molecule is CCCNC(c1ncccc1OC)C1CCCCS1(=O)=O. The standard InChI is InChI=1S/C15H24N2O3S/c1-3-9-16-15(13-8-4-5-11-21(13,18)19)14-12(20-2)7-6-10-17-14/h6-7,10,13,15-16H,3-5,8-9,11H2,1-2H3. The van der Waals surface area contributed by atoms with Crippen LogP contribution in [0.5, 0.6) is 5.75 Å². The lowest BCUT2D eigenvalue weighted by Crippen LogP contribution is -2.41. The average molecular weight is 312 g/mol. The van der Waals surface area contributed by atoms with Gasteiger partial charge in [0.1, 0.15) is 11.4 Å². The van der Waals surface area contributed by atoms with Gasteiger partial charge in [0, 0.05) is 6.20 Å². The first-order chi connectivity index (χ1) is 10.1. The molecular formula is C15H24N2O3S. The van der Waals surface area contributed by atoms with Gasteiger partial charge in [0.05, 0.1) is 24.2 Å². The molecule has 118 valence electrons. The second-order valence-corrected chi connectivity index (χ2v) is 7.76. The molecule has 21 heavy (non-hydrogen) atoms. The largest absolute Gasteiger partial charge is 0.495 e. The number of hydrogen-bond acceptors (Lipinski definition) is 5. The number of nitrogens with zero attached hydrogens (tertiary/aromatic N) is 1. The zero-order valence-electron chi connectivity index (χ0n) is 12.7. The average Bonchev–Trinajstić information content (AvgIpc) is 2.49. The molecule has 0 spiro atoms. The van der Waals surface area contributed by atoms with E-state index in [4.69, 9.17) is 4.74 Å². The number of rotatable bonds is 6. The Morgan fingerprint density at radius 3 is 2.95 bits per heavy atom. The summed E-state index contributed by atoms with van der Waals surface area (Å²) in [6.45, 7) is 2.82. The molecule has 1 saturated heterocycles. The maximum atomic E-state index is 12.5. The molecule has 2 atom stereocenters. The number of ether oxygens (including phenoxy) is 1. The molecule has 5 nitrogen and oxygen atoms in total. The zero-order chi connectivity index (χ0) is 15.3. The predicted molar refractivity (Wildman–Crippen MR) is 83.2 cm³/mol. The summed E-state index contributed by atoms with van der Waals surface area (Å²) in [7, 11) is -1.49. The number of hydrogen-bond donors (Lipinski definition) is 1. The fourth-order valence-electron chi connectivity index (χ4n) is 2.87. The minimum absolute atomic E-state index is 0.275. The number of sulfone groups is 1. The molecule has 2 heterocycles. The first kappa shape index (κ1) is 16.2. The van der Waals surface area contributed by atoms with E-state index < -0.39 is 15.1 Å². The lowest BCUT2D eigenvalue weighted by atomic mass is 10.0. The second kappa shape index (κ2) is 7.22. The summed E-state index contributed by atoms with van der Waals surface area (Å²) in [5.74, 6) is 0.920.